The SMILES string of the molecule is CCOC(=O)c1c(NC(=O)C(C)Sc2cccc(NC(C)=O)c2)sc2c1CCN(C(=O)OC(C)(C)C)C2. The predicted octanol–water partition coefficient (Wildman–Crippen LogP) is 5.30. The van der Waals surface area contributed by atoms with Crippen molar-refractivity contribution in [3.8, 4) is 0 Å². The molecular weight excluding hydrogens is 514 g/mol. The van der Waals surface area contributed by atoms with Crippen molar-refractivity contribution in [1.29, 1.82) is 0 Å². The van der Waals surface area contributed by atoms with Crippen LogP contribution in [0.15, 0.2) is 29.2 Å². The monoisotopic (exact) mass is 547 g/mol. The number of carbonyl (C=O) groups excluding carboxylic acids is 4. The van der Waals surface area contributed by atoms with E-state index in [-0.39, 0.29) is 25.0 Å². The van der Waals surface area contributed by atoms with E-state index in [4.69, 9.17) is 9.47 Å². The van der Waals surface area contributed by atoms with Gasteiger partial charge in [0.1, 0.15) is 10.6 Å². The molecular formula is C26H33N3O6S2. The smallest absolute Gasteiger partial charge is 0.410 e. The lowest BCUT2D eigenvalue weighted by atomic mass is 10.0. The molecule has 2 N–H and O–H groups in total. The normalized spacial score (nSPS) is 13.8. The highest BCUT2D eigenvalue weighted by atomic mass is 32.2. The van der Waals surface area contributed by atoms with Crippen molar-refractivity contribution in [2.24, 2.45) is 0 Å². The number of fused-ring (bicyclic) bond motifs is 1. The minimum atomic E-state index is -0.614. The first kappa shape index (κ1) is 28.5. The van der Waals surface area contributed by atoms with Gasteiger partial charge in [-0.3, -0.25) is 9.59 Å². The molecule has 0 fully saturated rings. The summed E-state index contributed by atoms with van der Waals surface area (Å²) < 4.78 is 10.8. The molecule has 0 spiro atoms. The number of anilines is 2. The van der Waals surface area contributed by atoms with E-state index in [0.717, 1.165) is 15.3 Å². The Bertz CT molecular complexity index is 1190. The summed E-state index contributed by atoms with van der Waals surface area (Å²) in [6.45, 7) is 11.3. The quantitative estimate of drug-likeness (QED) is 0.357. The average Bonchev–Trinajstić information content (AvgIpc) is 3.14. The van der Waals surface area contributed by atoms with E-state index in [9.17, 15) is 19.2 Å². The number of carbonyl (C=O) groups is 4. The Morgan fingerprint density at radius 3 is 2.57 bits per heavy atom. The minimum Gasteiger partial charge on any atom is -0.462 e. The van der Waals surface area contributed by atoms with Gasteiger partial charge in [0.2, 0.25) is 11.8 Å². The van der Waals surface area contributed by atoms with E-state index in [2.05, 4.69) is 10.6 Å². The second-order valence-electron chi connectivity index (χ2n) is 9.54. The first-order valence-corrected chi connectivity index (χ1v) is 13.7. The number of hydrogen-bond acceptors (Lipinski definition) is 8. The molecule has 200 valence electrons. The lowest BCUT2D eigenvalue weighted by molar-refractivity contribution is -0.115. The standard InChI is InChI=1S/C26H33N3O6S2/c1-7-34-24(32)21-19-11-12-29(25(33)35-26(4,5)6)14-20(19)37-23(21)28-22(31)15(2)36-18-10-8-9-17(13-18)27-16(3)30/h8-10,13,15H,7,11-12,14H2,1-6H3,(H,27,30)(H,28,31). The molecule has 2 heterocycles. The van der Waals surface area contributed by atoms with Gasteiger partial charge in [0.25, 0.3) is 0 Å². The summed E-state index contributed by atoms with van der Waals surface area (Å²) in [4.78, 5) is 53.2. The molecule has 1 aromatic carbocycles. The highest BCUT2D eigenvalue weighted by Gasteiger charge is 2.33. The molecule has 1 aromatic heterocycles. The number of rotatable bonds is 7. The van der Waals surface area contributed by atoms with Crippen LogP contribution >= 0.6 is 23.1 Å². The molecule has 11 heteroatoms. The molecule has 0 aliphatic carbocycles. The molecule has 37 heavy (non-hydrogen) atoms. The average molecular weight is 548 g/mol. The zero-order valence-corrected chi connectivity index (χ0v) is 23.6. The molecule has 2 aromatic rings. The maximum absolute atomic E-state index is 13.1. The number of nitrogens with zero attached hydrogens (tertiary/aromatic N) is 1. The number of esters is 1. The van der Waals surface area contributed by atoms with Crippen molar-refractivity contribution in [2.45, 2.75) is 70.3 Å². The lowest BCUT2D eigenvalue weighted by Crippen LogP contribution is -2.39. The lowest BCUT2D eigenvalue weighted by Gasteiger charge is -2.30. The third kappa shape index (κ3) is 7.72. The maximum Gasteiger partial charge on any atom is 0.410 e. The van der Waals surface area contributed by atoms with Crippen molar-refractivity contribution in [3.63, 3.8) is 0 Å². The van der Waals surface area contributed by atoms with Gasteiger partial charge in [0.15, 0.2) is 0 Å². The Kier molecular flexibility index (Phi) is 9.25. The molecule has 0 saturated carbocycles. The van der Waals surface area contributed by atoms with Gasteiger partial charge in [-0.2, -0.15) is 0 Å². The molecule has 1 atom stereocenters. The summed E-state index contributed by atoms with van der Waals surface area (Å²) in [6, 6.07) is 7.24. The van der Waals surface area contributed by atoms with Gasteiger partial charge < -0.3 is 25.0 Å². The van der Waals surface area contributed by atoms with Gasteiger partial charge >= 0.3 is 12.1 Å². The third-order valence-corrected chi connectivity index (χ3v) is 7.49. The van der Waals surface area contributed by atoms with E-state index in [0.29, 0.717) is 29.2 Å². The van der Waals surface area contributed by atoms with Crippen LogP contribution in [0.4, 0.5) is 15.5 Å². The first-order chi connectivity index (χ1) is 17.4. The maximum atomic E-state index is 13.1. The molecule has 0 saturated heterocycles. The summed E-state index contributed by atoms with van der Waals surface area (Å²) in [6.07, 6.45) is 0.0383. The largest absolute Gasteiger partial charge is 0.462 e. The Labute approximate surface area is 225 Å². The zero-order chi connectivity index (χ0) is 27.3. The van der Waals surface area contributed by atoms with Gasteiger partial charge in [0, 0.05) is 28.9 Å². The van der Waals surface area contributed by atoms with E-state index in [1.54, 1.807) is 36.9 Å². The molecule has 3 rings (SSSR count). The van der Waals surface area contributed by atoms with Crippen molar-refractivity contribution >= 4 is 57.7 Å². The van der Waals surface area contributed by atoms with Crippen molar-refractivity contribution < 1.29 is 28.7 Å². The molecule has 9 nitrogen and oxygen atoms in total. The molecule has 0 bridgehead atoms. The van der Waals surface area contributed by atoms with Crippen LogP contribution in [-0.2, 0) is 32.0 Å². The van der Waals surface area contributed by atoms with Crippen LogP contribution in [0.25, 0.3) is 0 Å². The van der Waals surface area contributed by atoms with Crippen molar-refractivity contribution in [2.75, 3.05) is 23.8 Å². The number of amides is 3. The Morgan fingerprint density at radius 2 is 1.92 bits per heavy atom. The summed E-state index contributed by atoms with van der Waals surface area (Å²) in [5, 5.41) is 5.57. The number of thioether (sulfide) groups is 1. The van der Waals surface area contributed by atoms with E-state index < -0.39 is 22.9 Å². The second kappa shape index (κ2) is 12.0. The van der Waals surface area contributed by atoms with Gasteiger partial charge in [-0.15, -0.1) is 23.1 Å². The van der Waals surface area contributed by atoms with Crippen LogP contribution in [0.3, 0.4) is 0 Å². The fourth-order valence-electron chi connectivity index (χ4n) is 3.71. The van der Waals surface area contributed by atoms with Crippen LogP contribution in [0.5, 0.6) is 0 Å². The second-order valence-corrected chi connectivity index (χ2v) is 12.1. The van der Waals surface area contributed by atoms with Gasteiger partial charge in [-0.05, 0) is 64.8 Å². The molecule has 3 amide bonds. The molecule has 1 unspecified atom stereocenters. The number of benzene rings is 1. The Balaban J connectivity index is 1.79. The van der Waals surface area contributed by atoms with Gasteiger partial charge in [0.05, 0.1) is 24.0 Å². The topological polar surface area (TPSA) is 114 Å². The van der Waals surface area contributed by atoms with Crippen LogP contribution in [-0.4, -0.2) is 52.8 Å². The van der Waals surface area contributed by atoms with Crippen LogP contribution in [0, 0.1) is 0 Å². The number of ether oxygens (including phenoxy) is 2. The summed E-state index contributed by atoms with van der Waals surface area (Å²) in [7, 11) is 0. The molecule has 1 aliphatic heterocycles. The highest BCUT2D eigenvalue weighted by molar-refractivity contribution is 8.00. The highest BCUT2D eigenvalue weighted by Crippen LogP contribution is 2.38. The fourth-order valence-corrected chi connectivity index (χ4v) is 5.90. The Morgan fingerprint density at radius 1 is 1.19 bits per heavy atom. The summed E-state index contributed by atoms with van der Waals surface area (Å²) in [5.74, 6) is -0.946. The van der Waals surface area contributed by atoms with Crippen LogP contribution in [0.2, 0.25) is 0 Å². The first-order valence-electron chi connectivity index (χ1n) is 12.0. The molecule has 1 aliphatic rings. The van der Waals surface area contributed by atoms with Crippen LogP contribution in [0.1, 0.15) is 62.3 Å². The van der Waals surface area contributed by atoms with E-state index in [1.807, 2.05) is 26.8 Å². The zero-order valence-electron chi connectivity index (χ0n) is 21.9. The minimum absolute atomic E-state index is 0.175. The number of hydrogen-bond donors (Lipinski definition) is 2. The van der Waals surface area contributed by atoms with Crippen molar-refractivity contribution in [1.82, 2.24) is 4.90 Å². The third-order valence-electron chi connectivity index (χ3n) is 5.26. The summed E-state index contributed by atoms with van der Waals surface area (Å²) >= 11 is 2.61. The van der Waals surface area contributed by atoms with E-state index in [1.165, 1.54) is 30.0 Å². The van der Waals surface area contributed by atoms with Crippen LogP contribution < -0.4 is 10.6 Å². The Hall–Kier alpha value is -3.05. The van der Waals surface area contributed by atoms with E-state index >= 15 is 0 Å². The van der Waals surface area contributed by atoms with Crippen molar-refractivity contribution in [3.05, 3.63) is 40.3 Å². The fraction of sp³-hybridized carbons (Fsp3) is 0.462. The summed E-state index contributed by atoms with van der Waals surface area (Å²) in [5.41, 5.74) is 1.18. The van der Waals surface area contributed by atoms with Gasteiger partial charge in [-0.1, -0.05) is 6.07 Å². The predicted molar refractivity (Wildman–Crippen MR) is 145 cm³/mol. The number of nitrogens with one attached hydrogen (secondary N) is 2. The number of thiophene rings is 1. The molecule has 0 radical (unpaired) electrons. The van der Waals surface area contributed by atoms with Gasteiger partial charge in [-0.25, -0.2) is 9.59 Å².